The lowest BCUT2D eigenvalue weighted by molar-refractivity contribution is 0.109. The van der Waals surface area contributed by atoms with Gasteiger partial charge >= 0.3 is 0 Å². The van der Waals surface area contributed by atoms with E-state index < -0.39 is 0 Å². The minimum Gasteiger partial charge on any atom is -0.486 e. The van der Waals surface area contributed by atoms with E-state index in [1.165, 1.54) is 0 Å². The van der Waals surface area contributed by atoms with E-state index in [1.807, 2.05) is 18.2 Å². The molecule has 82 valence electrons. The van der Waals surface area contributed by atoms with Crippen molar-refractivity contribution in [2.45, 2.75) is 6.10 Å². The molecule has 0 fully saturated rings. The molecule has 0 aliphatic carbocycles. The van der Waals surface area contributed by atoms with Crippen LogP contribution in [0, 0.1) is 0 Å². The molecule has 1 aliphatic rings. The molecule has 0 saturated carbocycles. The second kappa shape index (κ2) is 4.51. The lowest BCUT2D eigenvalue weighted by Gasteiger charge is -2.20. The molecule has 1 aliphatic heterocycles. The Balaban J connectivity index is 2.27. The van der Waals surface area contributed by atoms with Crippen LogP contribution in [0.5, 0.6) is 11.5 Å². The molecular formula is C11H15NO3. The van der Waals surface area contributed by atoms with Crippen LogP contribution in [0.1, 0.15) is 11.7 Å². The number of fused-ring (bicyclic) bond motifs is 1. The first kappa shape index (κ1) is 10.3. The van der Waals surface area contributed by atoms with Gasteiger partial charge in [0, 0.05) is 13.7 Å². The van der Waals surface area contributed by atoms with Gasteiger partial charge in [-0.15, -0.1) is 0 Å². The fourth-order valence-electron chi connectivity index (χ4n) is 1.63. The SMILES string of the molecule is CO[C@@H](CN)c1ccc2c(c1)OCCO2. The van der Waals surface area contributed by atoms with Gasteiger partial charge in [-0.1, -0.05) is 6.07 Å². The molecule has 1 aromatic carbocycles. The summed E-state index contributed by atoms with van der Waals surface area (Å²) in [5.74, 6) is 1.56. The molecule has 4 nitrogen and oxygen atoms in total. The Bertz CT molecular complexity index is 337. The average molecular weight is 209 g/mol. The van der Waals surface area contributed by atoms with E-state index in [4.69, 9.17) is 19.9 Å². The predicted octanol–water partition coefficient (Wildman–Crippen LogP) is 1.10. The monoisotopic (exact) mass is 209 g/mol. The summed E-state index contributed by atoms with van der Waals surface area (Å²) in [6.07, 6.45) is -0.0826. The molecule has 1 aromatic rings. The van der Waals surface area contributed by atoms with Gasteiger partial charge in [0.05, 0.1) is 6.10 Å². The molecule has 0 radical (unpaired) electrons. The van der Waals surface area contributed by atoms with Crippen LogP contribution in [0.3, 0.4) is 0 Å². The Hall–Kier alpha value is -1.26. The fraction of sp³-hybridized carbons (Fsp3) is 0.455. The van der Waals surface area contributed by atoms with E-state index in [-0.39, 0.29) is 6.10 Å². The van der Waals surface area contributed by atoms with E-state index in [1.54, 1.807) is 7.11 Å². The van der Waals surface area contributed by atoms with Crippen molar-refractivity contribution in [3.8, 4) is 11.5 Å². The minimum atomic E-state index is -0.0826. The van der Waals surface area contributed by atoms with Crippen molar-refractivity contribution >= 4 is 0 Å². The number of rotatable bonds is 3. The summed E-state index contributed by atoms with van der Waals surface area (Å²) in [6.45, 7) is 1.66. The number of ether oxygens (including phenoxy) is 3. The highest BCUT2D eigenvalue weighted by atomic mass is 16.6. The highest BCUT2D eigenvalue weighted by Crippen LogP contribution is 2.32. The van der Waals surface area contributed by atoms with Crippen molar-refractivity contribution in [3.05, 3.63) is 23.8 Å². The van der Waals surface area contributed by atoms with Gasteiger partial charge in [0.15, 0.2) is 11.5 Å². The molecule has 0 unspecified atom stereocenters. The quantitative estimate of drug-likeness (QED) is 0.810. The van der Waals surface area contributed by atoms with Crippen molar-refractivity contribution in [2.75, 3.05) is 26.9 Å². The van der Waals surface area contributed by atoms with E-state index >= 15 is 0 Å². The van der Waals surface area contributed by atoms with Gasteiger partial charge in [0.25, 0.3) is 0 Å². The van der Waals surface area contributed by atoms with Gasteiger partial charge in [0.1, 0.15) is 13.2 Å². The van der Waals surface area contributed by atoms with Gasteiger partial charge in [-0.3, -0.25) is 0 Å². The van der Waals surface area contributed by atoms with E-state index in [2.05, 4.69) is 0 Å². The van der Waals surface area contributed by atoms with Crippen LogP contribution in [0.4, 0.5) is 0 Å². The summed E-state index contributed by atoms with van der Waals surface area (Å²) >= 11 is 0. The smallest absolute Gasteiger partial charge is 0.161 e. The maximum Gasteiger partial charge on any atom is 0.161 e. The summed E-state index contributed by atoms with van der Waals surface area (Å²) in [5, 5.41) is 0. The fourth-order valence-corrected chi connectivity index (χ4v) is 1.63. The molecule has 1 heterocycles. The second-order valence-corrected chi connectivity index (χ2v) is 3.36. The van der Waals surface area contributed by atoms with Crippen LogP contribution < -0.4 is 15.2 Å². The average Bonchev–Trinajstić information content (AvgIpc) is 2.30. The lowest BCUT2D eigenvalue weighted by atomic mass is 10.1. The summed E-state index contributed by atoms with van der Waals surface area (Å²) in [7, 11) is 1.65. The summed E-state index contributed by atoms with van der Waals surface area (Å²) in [4.78, 5) is 0. The highest BCUT2D eigenvalue weighted by Gasteiger charge is 2.15. The number of hydrogen-bond donors (Lipinski definition) is 1. The first-order valence-electron chi connectivity index (χ1n) is 4.97. The standard InChI is InChI=1S/C11H15NO3/c1-13-11(7-12)8-2-3-9-10(6-8)15-5-4-14-9/h2-3,6,11H,4-5,7,12H2,1H3/t11-/m0/s1. The summed E-state index contributed by atoms with van der Waals surface area (Å²) in [5.41, 5.74) is 6.61. The molecule has 0 amide bonds. The van der Waals surface area contributed by atoms with Crippen LogP contribution in [0.25, 0.3) is 0 Å². The van der Waals surface area contributed by atoms with E-state index in [0.717, 1.165) is 17.1 Å². The molecule has 4 heteroatoms. The van der Waals surface area contributed by atoms with Crippen molar-refractivity contribution in [2.24, 2.45) is 5.73 Å². The molecule has 0 bridgehead atoms. The molecule has 15 heavy (non-hydrogen) atoms. The van der Waals surface area contributed by atoms with Crippen molar-refractivity contribution in [3.63, 3.8) is 0 Å². The molecule has 0 aromatic heterocycles. The van der Waals surface area contributed by atoms with Crippen LogP contribution in [0.15, 0.2) is 18.2 Å². The zero-order valence-electron chi connectivity index (χ0n) is 8.73. The van der Waals surface area contributed by atoms with Crippen LogP contribution >= 0.6 is 0 Å². The maximum absolute atomic E-state index is 5.59. The molecule has 0 spiro atoms. The highest BCUT2D eigenvalue weighted by molar-refractivity contribution is 5.44. The first-order valence-corrected chi connectivity index (χ1v) is 4.97. The Morgan fingerprint density at radius 1 is 1.33 bits per heavy atom. The molecule has 1 atom stereocenters. The Labute approximate surface area is 88.9 Å². The van der Waals surface area contributed by atoms with Gasteiger partial charge in [-0.25, -0.2) is 0 Å². The Morgan fingerprint density at radius 3 is 2.73 bits per heavy atom. The number of methoxy groups -OCH3 is 1. The molecule has 2 rings (SSSR count). The van der Waals surface area contributed by atoms with Crippen LogP contribution in [0.2, 0.25) is 0 Å². The van der Waals surface area contributed by atoms with Gasteiger partial charge in [-0.2, -0.15) is 0 Å². The van der Waals surface area contributed by atoms with E-state index in [0.29, 0.717) is 19.8 Å². The third-order valence-corrected chi connectivity index (χ3v) is 2.44. The zero-order chi connectivity index (χ0) is 10.7. The zero-order valence-corrected chi connectivity index (χ0v) is 8.73. The number of nitrogens with two attached hydrogens (primary N) is 1. The van der Waals surface area contributed by atoms with Crippen molar-refractivity contribution < 1.29 is 14.2 Å². The number of hydrogen-bond acceptors (Lipinski definition) is 4. The van der Waals surface area contributed by atoms with Crippen LogP contribution in [-0.4, -0.2) is 26.9 Å². The Kier molecular flexibility index (Phi) is 3.08. The van der Waals surface area contributed by atoms with Crippen LogP contribution in [-0.2, 0) is 4.74 Å². The molecule has 2 N–H and O–H groups in total. The first-order chi connectivity index (χ1) is 7.35. The minimum absolute atomic E-state index is 0.0826. The lowest BCUT2D eigenvalue weighted by Crippen LogP contribution is -2.17. The van der Waals surface area contributed by atoms with Gasteiger partial charge in [-0.05, 0) is 17.7 Å². The Morgan fingerprint density at radius 2 is 2.07 bits per heavy atom. The third kappa shape index (κ3) is 2.06. The normalized spacial score (nSPS) is 16.1. The van der Waals surface area contributed by atoms with Crippen molar-refractivity contribution in [1.29, 1.82) is 0 Å². The summed E-state index contributed by atoms with van der Waals surface area (Å²) < 4.78 is 16.2. The van der Waals surface area contributed by atoms with E-state index in [9.17, 15) is 0 Å². The van der Waals surface area contributed by atoms with Crippen molar-refractivity contribution in [1.82, 2.24) is 0 Å². The second-order valence-electron chi connectivity index (χ2n) is 3.36. The van der Waals surface area contributed by atoms with Gasteiger partial charge in [0.2, 0.25) is 0 Å². The number of benzene rings is 1. The van der Waals surface area contributed by atoms with Gasteiger partial charge < -0.3 is 19.9 Å². The topological polar surface area (TPSA) is 53.7 Å². The largest absolute Gasteiger partial charge is 0.486 e. The maximum atomic E-state index is 5.59. The molecule has 0 saturated heterocycles. The third-order valence-electron chi connectivity index (χ3n) is 2.44. The predicted molar refractivity (Wildman–Crippen MR) is 56.2 cm³/mol. The molecular weight excluding hydrogens is 194 g/mol. The summed E-state index contributed by atoms with van der Waals surface area (Å²) in [6, 6.07) is 5.77.